The van der Waals surface area contributed by atoms with Gasteiger partial charge in [-0.3, -0.25) is 9.59 Å². The van der Waals surface area contributed by atoms with E-state index in [1.807, 2.05) is 25.9 Å². The summed E-state index contributed by atoms with van der Waals surface area (Å²) >= 11 is 6.24. The molecule has 0 spiro atoms. The van der Waals surface area contributed by atoms with E-state index in [0.717, 1.165) is 0 Å². The van der Waals surface area contributed by atoms with Gasteiger partial charge < -0.3 is 19.6 Å². The van der Waals surface area contributed by atoms with E-state index in [0.29, 0.717) is 24.5 Å². The second-order valence-electron chi connectivity index (χ2n) is 7.43. The lowest BCUT2D eigenvalue weighted by molar-refractivity contribution is -0.140. The molecule has 1 amide bonds. The number of likely N-dealkylation sites (N-methyl/N-ethyl adjacent to an activating group) is 1. The SMILES string of the molecule is CCOc1ccc(C(O)=C2C(=O)C(=O)N(CCN(C)C)[C@@H]2c2ccc(F)cc2)cc1Cl. The summed E-state index contributed by atoms with van der Waals surface area (Å²) < 4.78 is 18.9. The van der Waals surface area contributed by atoms with Crippen LogP contribution in [0, 0.1) is 5.82 Å². The maximum absolute atomic E-state index is 13.5. The van der Waals surface area contributed by atoms with Crippen LogP contribution in [0.5, 0.6) is 5.75 Å². The van der Waals surface area contributed by atoms with Crippen LogP contribution in [0.4, 0.5) is 4.39 Å². The number of carbonyl (C=O) groups is 2. The minimum Gasteiger partial charge on any atom is -0.507 e. The zero-order valence-electron chi connectivity index (χ0n) is 17.6. The van der Waals surface area contributed by atoms with Gasteiger partial charge in [-0.15, -0.1) is 0 Å². The van der Waals surface area contributed by atoms with Crippen molar-refractivity contribution in [3.05, 3.63) is 70.0 Å². The molecular weight excluding hydrogens is 423 g/mol. The molecule has 164 valence electrons. The molecule has 0 bridgehead atoms. The number of ketones is 1. The summed E-state index contributed by atoms with van der Waals surface area (Å²) in [6, 6.07) is 9.34. The summed E-state index contributed by atoms with van der Waals surface area (Å²) in [5.74, 6) is -1.84. The Morgan fingerprint density at radius 1 is 1.19 bits per heavy atom. The van der Waals surface area contributed by atoms with Crippen molar-refractivity contribution in [1.29, 1.82) is 0 Å². The Kier molecular flexibility index (Phi) is 6.97. The van der Waals surface area contributed by atoms with Gasteiger partial charge in [0.15, 0.2) is 0 Å². The van der Waals surface area contributed by atoms with Gasteiger partial charge in [0.25, 0.3) is 11.7 Å². The molecule has 0 aromatic heterocycles. The van der Waals surface area contributed by atoms with E-state index >= 15 is 0 Å². The Morgan fingerprint density at radius 3 is 2.45 bits per heavy atom. The maximum Gasteiger partial charge on any atom is 0.295 e. The van der Waals surface area contributed by atoms with Crippen molar-refractivity contribution >= 4 is 29.1 Å². The second-order valence-corrected chi connectivity index (χ2v) is 7.83. The number of aliphatic hydroxyl groups excluding tert-OH is 1. The number of likely N-dealkylation sites (tertiary alicyclic amines) is 1. The van der Waals surface area contributed by atoms with Crippen LogP contribution < -0.4 is 4.74 Å². The molecule has 2 aromatic carbocycles. The molecule has 1 saturated heterocycles. The topological polar surface area (TPSA) is 70.1 Å². The minimum absolute atomic E-state index is 0.0596. The number of amides is 1. The highest BCUT2D eigenvalue weighted by Crippen LogP contribution is 2.40. The van der Waals surface area contributed by atoms with Gasteiger partial charge in [0.1, 0.15) is 17.3 Å². The lowest BCUT2D eigenvalue weighted by atomic mass is 9.95. The van der Waals surface area contributed by atoms with Crippen LogP contribution in [-0.4, -0.2) is 60.4 Å². The smallest absolute Gasteiger partial charge is 0.295 e. The molecule has 0 saturated carbocycles. The molecule has 0 unspecified atom stereocenters. The number of hydrogen-bond donors (Lipinski definition) is 1. The highest BCUT2D eigenvalue weighted by atomic mass is 35.5. The Bertz CT molecular complexity index is 1020. The average Bonchev–Trinajstić information content (AvgIpc) is 2.98. The summed E-state index contributed by atoms with van der Waals surface area (Å²) in [6.45, 7) is 3.02. The predicted octanol–water partition coefficient (Wildman–Crippen LogP) is 3.86. The zero-order chi connectivity index (χ0) is 22.7. The molecule has 0 radical (unpaired) electrons. The molecule has 1 aliphatic rings. The van der Waals surface area contributed by atoms with Crippen molar-refractivity contribution in [1.82, 2.24) is 9.80 Å². The molecule has 1 aliphatic heterocycles. The molecule has 8 heteroatoms. The first-order valence-corrected chi connectivity index (χ1v) is 10.2. The fraction of sp³-hybridized carbons (Fsp3) is 0.304. The molecule has 1 N–H and O–H groups in total. The van der Waals surface area contributed by atoms with Crippen LogP contribution in [0.25, 0.3) is 5.76 Å². The fourth-order valence-electron chi connectivity index (χ4n) is 3.49. The van der Waals surface area contributed by atoms with E-state index in [1.165, 1.54) is 35.2 Å². The number of nitrogens with zero attached hydrogens (tertiary/aromatic N) is 2. The maximum atomic E-state index is 13.5. The largest absolute Gasteiger partial charge is 0.507 e. The number of rotatable bonds is 7. The summed E-state index contributed by atoms with van der Waals surface area (Å²) in [6.07, 6.45) is 0. The third-order valence-electron chi connectivity index (χ3n) is 5.02. The molecular formula is C23H24ClFN2O4. The number of Topliss-reactive ketones (excluding diaryl/α,β-unsaturated/α-hetero) is 1. The molecule has 2 aromatic rings. The van der Waals surface area contributed by atoms with Crippen LogP contribution in [0.15, 0.2) is 48.0 Å². The van der Waals surface area contributed by atoms with E-state index in [2.05, 4.69) is 0 Å². The number of carbonyl (C=O) groups excluding carboxylic acids is 2. The number of aliphatic hydroxyl groups is 1. The third kappa shape index (κ3) is 4.73. The highest BCUT2D eigenvalue weighted by molar-refractivity contribution is 6.46. The van der Waals surface area contributed by atoms with Crippen LogP contribution >= 0.6 is 11.6 Å². The molecule has 1 atom stereocenters. The van der Waals surface area contributed by atoms with Crippen molar-refractivity contribution < 1.29 is 23.8 Å². The molecule has 1 fully saturated rings. The van der Waals surface area contributed by atoms with Crippen molar-refractivity contribution in [2.75, 3.05) is 33.8 Å². The van der Waals surface area contributed by atoms with Crippen LogP contribution in [0.2, 0.25) is 5.02 Å². The molecule has 1 heterocycles. The van der Waals surface area contributed by atoms with Crippen molar-refractivity contribution in [3.8, 4) is 5.75 Å². The fourth-order valence-corrected chi connectivity index (χ4v) is 3.72. The number of ether oxygens (including phenoxy) is 1. The minimum atomic E-state index is -0.842. The Balaban J connectivity index is 2.12. The summed E-state index contributed by atoms with van der Waals surface area (Å²) in [7, 11) is 3.71. The Labute approximate surface area is 185 Å². The van der Waals surface area contributed by atoms with Gasteiger partial charge in [-0.25, -0.2) is 4.39 Å². The lowest BCUT2D eigenvalue weighted by Gasteiger charge is -2.26. The van der Waals surface area contributed by atoms with Gasteiger partial charge in [0, 0.05) is 18.7 Å². The first-order valence-electron chi connectivity index (χ1n) is 9.86. The van der Waals surface area contributed by atoms with Gasteiger partial charge in [0.05, 0.1) is 23.2 Å². The average molecular weight is 447 g/mol. The molecule has 6 nitrogen and oxygen atoms in total. The third-order valence-corrected chi connectivity index (χ3v) is 5.31. The Morgan fingerprint density at radius 2 is 1.87 bits per heavy atom. The standard InChI is InChI=1S/C23H24ClFN2O4/c1-4-31-18-10-7-15(13-17(18)24)21(28)19-20(14-5-8-16(25)9-6-14)27(12-11-26(2)3)23(30)22(19)29/h5-10,13,20,28H,4,11-12H2,1-3H3/t20-/m1/s1. The zero-order valence-corrected chi connectivity index (χ0v) is 18.3. The van der Waals surface area contributed by atoms with Crippen molar-refractivity contribution in [3.63, 3.8) is 0 Å². The van der Waals surface area contributed by atoms with Crippen molar-refractivity contribution in [2.24, 2.45) is 0 Å². The number of halogens is 2. The first-order chi connectivity index (χ1) is 14.7. The number of benzene rings is 2. The quantitative estimate of drug-likeness (QED) is 0.397. The summed E-state index contributed by atoms with van der Waals surface area (Å²) in [5, 5.41) is 11.3. The molecule has 31 heavy (non-hydrogen) atoms. The highest BCUT2D eigenvalue weighted by Gasteiger charge is 2.45. The van der Waals surface area contributed by atoms with Gasteiger partial charge in [-0.1, -0.05) is 23.7 Å². The second kappa shape index (κ2) is 9.49. The van der Waals surface area contributed by atoms with E-state index in [9.17, 15) is 19.1 Å². The lowest BCUT2D eigenvalue weighted by Crippen LogP contribution is -2.35. The summed E-state index contributed by atoms with van der Waals surface area (Å²) in [4.78, 5) is 29.0. The van der Waals surface area contributed by atoms with E-state index in [1.54, 1.807) is 12.1 Å². The van der Waals surface area contributed by atoms with E-state index in [4.69, 9.17) is 16.3 Å². The van der Waals surface area contributed by atoms with Gasteiger partial charge in [-0.05, 0) is 56.9 Å². The first kappa shape index (κ1) is 22.8. The molecule has 0 aliphatic carbocycles. The van der Waals surface area contributed by atoms with Crippen molar-refractivity contribution in [2.45, 2.75) is 13.0 Å². The number of hydrogen-bond acceptors (Lipinski definition) is 5. The monoisotopic (exact) mass is 446 g/mol. The van der Waals surface area contributed by atoms with Gasteiger partial charge in [-0.2, -0.15) is 0 Å². The van der Waals surface area contributed by atoms with Crippen LogP contribution in [-0.2, 0) is 9.59 Å². The predicted molar refractivity (Wildman–Crippen MR) is 117 cm³/mol. The summed E-state index contributed by atoms with van der Waals surface area (Å²) in [5.41, 5.74) is 0.750. The van der Waals surface area contributed by atoms with Crippen LogP contribution in [0.1, 0.15) is 24.1 Å². The van der Waals surface area contributed by atoms with Crippen LogP contribution in [0.3, 0.4) is 0 Å². The van der Waals surface area contributed by atoms with E-state index in [-0.39, 0.29) is 28.5 Å². The van der Waals surface area contributed by atoms with Gasteiger partial charge >= 0.3 is 0 Å². The normalized spacial score (nSPS) is 18.1. The van der Waals surface area contributed by atoms with E-state index < -0.39 is 23.5 Å². The van der Waals surface area contributed by atoms with Gasteiger partial charge in [0.2, 0.25) is 0 Å². The Hall–Kier alpha value is -2.90. The molecule has 3 rings (SSSR count).